The van der Waals surface area contributed by atoms with Gasteiger partial charge in [0.1, 0.15) is 24.7 Å². The van der Waals surface area contributed by atoms with Gasteiger partial charge in [-0.3, -0.25) is 0 Å². The van der Waals surface area contributed by atoms with Crippen molar-refractivity contribution in [2.45, 2.75) is 52.1 Å². The van der Waals surface area contributed by atoms with Crippen LogP contribution in [0.5, 0.6) is 5.75 Å². The molecule has 222 valence electrons. The highest BCUT2D eigenvalue weighted by Gasteiger charge is 2.25. The van der Waals surface area contributed by atoms with Gasteiger partial charge in [-0.05, 0) is 59.7 Å². The molecule has 3 aromatic rings. The summed E-state index contributed by atoms with van der Waals surface area (Å²) in [6, 6.07) is 24.8. The molecule has 0 aromatic heterocycles. The summed E-state index contributed by atoms with van der Waals surface area (Å²) in [5.74, 6) is 0.967. The number of carboxylic acid groups (broad SMARTS) is 1. The molecule has 0 amide bonds. The highest BCUT2D eigenvalue weighted by Crippen LogP contribution is 2.41. The molecule has 1 N–H and O–H groups in total. The van der Waals surface area contributed by atoms with Gasteiger partial charge in [0.15, 0.2) is 6.10 Å². The molecule has 2 aliphatic carbocycles. The van der Waals surface area contributed by atoms with E-state index in [0.717, 1.165) is 35.3 Å². The van der Waals surface area contributed by atoms with Crippen LogP contribution in [0.15, 0.2) is 108 Å². The molecule has 5 nitrogen and oxygen atoms in total. The molecular formula is C38H40O5. The van der Waals surface area contributed by atoms with Crippen LogP contribution in [0, 0.1) is 0 Å². The first-order valence-electron chi connectivity index (χ1n) is 15.2. The van der Waals surface area contributed by atoms with E-state index in [0.29, 0.717) is 37.9 Å². The first-order chi connectivity index (χ1) is 21.0. The Labute approximate surface area is 254 Å². The fourth-order valence-electron chi connectivity index (χ4n) is 5.62. The van der Waals surface area contributed by atoms with Crippen molar-refractivity contribution in [3.8, 4) is 5.75 Å². The number of rotatable bonds is 13. The van der Waals surface area contributed by atoms with Crippen LogP contribution in [0.3, 0.4) is 0 Å². The van der Waals surface area contributed by atoms with E-state index >= 15 is 0 Å². The van der Waals surface area contributed by atoms with Crippen LogP contribution < -0.4 is 4.74 Å². The van der Waals surface area contributed by atoms with Crippen LogP contribution >= 0.6 is 0 Å². The third-order valence-corrected chi connectivity index (χ3v) is 8.13. The molecule has 0 saturated heterocycles. The monoisotopic (exact) mass is 576 g/mol. The number of hydrogen-bond donors (Lipinski definition) is 1. The molecule has 2 aliphatic rings. The van der Waals surface area contributed by atoms with E-state index in [2.05, 4.69) is 86.7 Å². The summed E-state index contributed by atoms with van der Waals surface area (Å²) in [6.07, 6.45) is 10.2. The molecule has 2 atom stereocenters. The third-order valence-electron chi connectivity index (χ3n) is 8.13. The lowest BCUT2D eigenvalue weighted by Gasteiger charge is -2.24. The van der Waals surface area contributed by atoms with E-state index in [1.807, 2.05) is 24.3 Å². The molecule has 5 rings (SSSR count). The van der Waals surface area contributed by atoms with Crippen molar-refractivity contribution < 1.29 is 24.1 Å². The van der Waals surface area contributed by atoms with E-state index in [9.17, 15) is 9.90 Å². The molecular weight excluding hydrogens is 536 g/mol. The quantitative estimate of drug-likeness (QED) is 0.208. The Morgan fingerprint density at radius 1 is 0.884 bits per heavy atom. The lowest BCUT2D eigenvalue weighted by atomic mass is 9.82. The Morgan fingerprint density at radius 3 is 2.35 bits per heavy atom. The van der Waals surface area contributed by atoms with Gasteiger partial charge in [-0.25, -0.2) is 4.79 Å². The maximum absolute atomic E-state index is 11.4. The number of hydrogen-bond acceptors (Lipinski definition) is 4. The molecule has 0 radical (unpaired) electrons. The minimum Gasteiger partial charge on any atom is -0.490 e. The molecule has 2 unspecified atom stereocenters. The number of carboxylic acids is 1. The standard InChI is InChI=1S/C38H40O5/c1-4-27-13-20-34-32(23-27)17-15-30-14-16-31(26(3)29-9-7-6-8-10-29)25-35(30)37(34)43-22-21-42-33-18-11-28(12-19-33)24-36(38(39)40)41-5-2/h6-20,23,26,36H,4-5,21-22,24-25H2,1-3H3,(H,39,40). The van der Waals surface area contributed by atoms with Crippen LogP contribution in [-0.4, -0.2) is 37.0 Å². The minimum absolute atomic E-state index is 0.299. The Morgan fingerprint density at radius 2 is 1.63 bits per heavy atom. The first kappa shape index (κ1) is 30.1. The summed E-state index contributed by atoms with van der Waals surface area (Å²) in [4.78, 5) is 11.4. The average Bonchev–Trinajstić information content (AvgIpc) is 3.19. The molecule has 0 saturated carbocycles. The second-order valence-electron chi connectivity index (χ2n) is 10.9. The number of allylic oxidation sites excluding steroid dienone is 6. The van der Waals surface area contributed by atoms with Crippen LogP contribution in [0.2, 0.25) is 0 Å². The van der Waals surface area contributed by atoms with Gasteiger partial charge in [0, 0.05) is 30.1 Å². The normalized spacial score (nSPS) is 15.4. The number of fused-ring (bicyclic) bond motifs is 2. The molecule has 5 heteroatoms. The SMILES string of the molecule is CCOC(Cc1ccc(OCCOC2=C3CC(C(C)c4ccccc4)=CC=C3C=Cc3cc(CC)ccc32)cc1)C(=O)O. The Kier molecular flexibility index (Phi) is 9.96. The highest BCUT2D eigenvalue weighted by atomic mass is 16.5. The summed E-state index contributed by atoms with van der Waals surface area (Å²) in [5.41, 5.74) is 9.50. The van der Waals surface area contributed by atoms with Crippen LogP contribution in [0.4, 0.5) is 0 Å². The average molecular weight is 577 g/mol. The van der Waals surface area contributed by atoms with Gasteiger partial charge in [-0.15, -0.1) is 0 Å². The second kappa shape index (κ2) is 14.2. The van der Waals surface area contributed by atoms with Gasteiger partial charge in [-0.1, -0.05) is 104 Å². The topological polar surface area (TPSA) is 65.0 Å². The zero-order valence-corrected chi connectivity index (χ0v) is 25.2. The predicted octanol–water partition coefficient (Wildman–Crippen LogP) is 8.17. The summed E-state index contributed by atoms with van der Waals surface area (Å²) in [6.45, 7) is 7.37. The van der Waals surface area contributed by atoms with Gasteiger partial charge in [0.05, 0.1) is 0 Å². The maximum atomic E-state index is 11.4. The summed E-state index contributed by atoms with van der Waals surface area (Å²) in [5, 5.41) is 9.36. The van der Waals surface area contributed by atoms with Crippen molar-refractivity contribution in [3.05, 3.63) is 136 Å². The van der Waals surface area contributed by atoms with Crippen molar-refractivity contribution in [1.29, 1.82) is 0 Å². The fourth-order valence-corrected chi connectivity index (χ4v) is 5.62. The van der Waals surface area contributed by atoms with E-state index in [-0.39, 0.29) is 0 Å². The molecule has 0 bridgehead atoms. The molecule has 0 heterocycles. The van der Waals surface area contributed by atoms with Crippen LogP contribution in [0.1, 0.15) is 60.9 Å². The Balaban J connectivity index is 1.32. The van der Waals surface area contributed by atoms with Crippen molar-refractivity contribution in [3.63, 3.8) is 0 Å². The van der Waals surface area contributed by atoms with Gasteiger partial charge in [0.2, 0.25) is 0 Å². The lowest BCUT2D eigenvalue weighted by molar-refractivity contribution is -0.149. The summed E-state index contributed by atoms with van der Waals surface area (Å²) in [7, 11) is 0. The largest absolute Gasteiger partial charge is 0.490 e. The number of benzene rings is 3. The van der Waals surface area contributed by atoms with E-state index in [4.69, 9.17) is 14.2 Å². The maximum Gasteiger partial charge on any atom is 0.333 e. The lowest BCUT2D eigenvalue weighted by Crippen LogP contribution is -2.26. The molecule has 0 spiro atoms. The summed E-state index contributed by atoms with van der Waals surface area (Å²) < 4.78 is 17.9. The summed E-state index contributed by atoms with van der Waals surface area (Å²) >= 11 is 0. The van der Waals surface area contributed by atoms with Crippen molar-refractivity contribution in [1.82, 2.24) is 0 Å². The zero-order valence-electron chi connectivity index (χ0n) is 25.2. The first-order valence-corrected chi connectivity index (χ1v) is 15.2. The smallest absolute Gasteiger partial charge is 0.333 e. The second-order valence-corrected chi connectivity index (χ2v) is 10.9. The van der Waals surface area contributed by atoms with Crippen LogP contribution in [0.25, 0.3) is 11.8 Å². The Hall–Kier alpha value is -4.35. The number of aryl methyl sites for hydroxylation is 1. The molecule has 0 aliphatic heterocycles. The van der Waals surface area contributed by atoms with Crippen molar-refractivity contribution in [2.75, 3.05) is 19.8 Å². The van der Waals surface area contributed by atoms with Crippen molar-refractivity contribution >= 4 is 17.8 Å². The number of ether oxygens (including phenoxy) is 3. The minimum atomic E-state index is -0.955. The number of carbonyl (C=O) groups is 1. The van der Waals surface area contributed by atoms with E-state index < -0.39 is 12.1 Å². The van der Waals surface area contributed by atoms with Gasteiger partial charge in [-0.2, -0.15) is 0 Å². The van der Waals surface area contributed by atoms with Crippen LogP contribution in [-0.2, 0) is 27.1 Å². The van der Waals surface area contributed by atoms with E-state index in [1.165, 1.54) is 27.8 Å². The Bertz CT molecular complexity index is 1540. The van der Waals surface area contributed by atoms with Crippen molar-refractivity contribution in [2.24, 2.45) is 0 Å². The molecule has 0 fully saturated rings. The highest BCUT2D eigenvalue weighted by molar-refractivity contribution is 5.81. The van der Waals surface area contributed by atoms with Gasteiger partial charge >= 0.3 is 5.97 Å². The third kappa shape index (κ3) is 7.36. The zero-order chi connectivity index (χ0) is 30.2. The predicted molar refractivity (Wildman–Crippen MR) is 172 cm³/mol. The molecule has 43 heavy (non-hydrogen) atoms. The molecule has 3 aromatic carbocycles. The number of aliphatic carboxylic acids is 1. The van der Waals surface area contributed by atoms with Gasteiger partial charge in [0.25, 0.3) is 0 Å². The van der Waals surface area contributed by atoms with Gasteiger partial charge < -0.3 is 19.3 Å². The fraction of sp³-hybridized carbons (Fsp3) is 0.289. The van der Waals surface area contributed by atoms with E-state index in [1.54, 1.807) is 6.92 Å².